The van der Waals surface area contributed by atoms with Gasteiger partial charge in [-0.25, -0.2) is 8.60 Å². The van der Waals surface area contributed by atoms with Gasteiger partial charge in [-0.05, 0) is 95.3 Å². The Kier molecular flexibility index (Phi) is 8.91. The van der Waals surface area contributed by atoms with Crippen LogP contribution in [-0.2, 0) is 35.5 Å². The number of aromatic nitrogens is 2. The number of benzene rings is 4. The number of allylic oxidation sites excluding steroid dienone is 1. The first-order valence-corrected chi connectivity index (χ1v) is 15.7. The summed E-state index contributed by atoms with van der Waals surface area (Å²) in [6.45, 7) is 4.81. The number of aryl methyl sites for hydroxylation is 3. The molecule has 4 aromatic carbocycles. The molecule has 4 nitrogen and oxygen atoms in total. The van der Waals surface area contributed by atoms with E-state index >= 15 is 0 Å². The first-order valence-electron chi connectivity index (χ1n) is 13.6. The van der Waals surface area contributed by atoms with E-state index in [9.17, 15) is 8.60 Å². The Balaban J connectivity index is 1.27. The van der Waals surface area contributed by atoms with Crippen LogP contribution in [0.4, 0.5) is 4.39 Å². The number of hydrogen-bond acceptors (Lipinski definition) is 2. The third-order valence-corrected chi connectivity index (χ3v) is 9.10. The molecule has 0 aliphatic carbocycles. The Morgan fingerprint density at radius 2 is 1.71 bits per heavy atom. The van der Waals surface area contributed by atoms with E-state index in [1.165, 1.54) is 51.2 Å². The van der Waals surface area contributed by atoms with E-state index in [4.69, 9.17) is 11.6 Å². The first-order chi connectivity index (χ1) is 19.8. The molecule has 1 heterocycles. The van der Waals surface area contributed by atoms with Crippen LogP contribution in [0.15, 0.2) is 114 Å². The van der Waals surface area contributed by atoms with Gasteiger partial charge in [0.15, 0.2) is 0 Å². The zero-order valence-electron chi connectivity index (χ0n) is 22.9. The molecular formula is C34H33ClFN3OS. The molecule has 5 aromatic rings. The molecule has 0 saturated carbocycles. The zero-order chi connectivity index (χ0) is 28.8. The quantitative estimate of drug-likeness (QED) is 0.152. The summed E-state index contributed by atoms with van der Waals surface area (Å²) < 4.78 is 31.7. The normalized spacial score (nSPS) is 12.7. The smallest absolute Gasteiger partial charge is 0.141 e. The Morgan fingerprint density at radius 3 is 2.49 bits per heavy atom. The van der Waals surface area contributed by atoms with Gasteiger partial charge in [0.2, 0.25) is 0 Å². The monoisotopic (exact) mass is 585 g/mol. The molecule has 5 rings (SSSR count). The van der Waals surface area contributed by atoms with Gasteiger partial charge in [-0.3, -0.25) is 4.68 Å². The summed E-state index contributed by atoms with van der Waals surface area (Å²) in [7, 11) is -2.92. The largest absolute Gasteiger partial charge is 0.314 e. The number of rotatable bonds is 12. The van der Waals surface area contributed by atoms with Crippen molar-refractivity contribution in [3.05, 3.63) is 143 Å². The van der Waals surface area contributed by atoms with E-state index in [0.717, 1.165) is 25.7 Å². The summed E-state index contributed by atoms with van der Waals surface area (Å²) in [5, 5.41) is 6.79. The van der Waals surface area contributed by atoms with Gasteiger partial charge in [0, 0.05) is 18.1 Å². The first kappa shape index (κ1) is 28.7. The van der Waals surface area contributed by atoms with Gasteiger partial charge < -0.3 is 4.72 Å². The minimum atomic E-state index is -2.92. The van der Waals surface area contributed by atoms with E-state index in [1.54, 1.807) is 6.20 Å². The maximum Gasteiger partial charge on any atom is 0.141 e. The van der Waals surface area contributed by atoms with Gasteiger partial charge in [0.25, 0.3) is 0 Å². The fourth-order valence-electron chi connectivity index (χ4n) is 5.02. The number of halogens is 2. The third kappa shape index (κ3) is 7.46. The lowest BCUT2D eigenvalue weighted by atomic mass is 9.94. The van der Waals surface area contributed by atoms with Gasteiger partial charge >= 0.3 is 0 Å². The van der Waals surface area contributed by atoms with Crippen molar-refractivity contribution in [1.82, 2.24) is 14.5 Å². The average molecular weight is 586 g/mol. The summed E-state index contributed by atoms with van der Waals surface area (Å²) >= 11 is 5.89. The maximum atomic E-state index is 13.6. The maximum absolute atomic E-state index is 13.6. The molecule has 1 aromatic heterocycles. The Morgan fingerprint density at radius 1 is 0.902 bits per heavy atom. The summed E-state index contributed by atoms with van der Waals surface area (Å²) in [5.41, 5.74) is 5.67. The van der Waals surface area contributed by atoms with E-state index in [-0.39, 0.29) is 5.02 Å². The van der Waals surface area contributed by atoms with Crippen molar-refractivity contribution in [2.24, 2.45) is 0 Å². The lowest BCUT2D eigenvalue weighted by molar-refractivity contribution is 0.626. The minimum Gasteiger partial charge on any atom is -0.314 e. The fraction of sp³-hybridized carbons (Fsp3) is 0.176. The lowest BCUT2D eigenvalue weighted by Crippen LogP contribution is -2.23. The second-order valence-electron chi connectivity index (χ2n) is 10.3. The van der Waals surface area contributed by atoms with Crippen LogP contribution in [0.25, 0.3) is 10.8 Å². The molecule has 7 heteroatoms. The SMILES string of the molecule is C=C(CCc1ccc(Cn2cccn2)cc1CCCc1ccc2ccccc2c1)NS(=C)(=O)c1ccc(F)c(Cl)c1. The van der Waals surface area contributed by atoms with E-state index in [2.05, 4.69) is 82.9 Å². The van der Waals surface area contributed by atoms with Crippen LogP contribution in [0.3, 0.4) is 0 Å². The van der Waals surface area contributed by atoms with Gasteiger partial charge in [-0.15, -0.1) is 0 Å². The molecule has 0 bridgehead atoms. The number of nitrogens with one attached hydrogen (secondary N) is 1. The molecule has 0 amide bonds. The highest BCUT2D eigenvalue weighted by Gasteiger charge is 2.13. The Bertz CT molecular complexity index is 1780. The van der Waals surface area contributed by atoms with Crippen LogP contribution in [0, 0.1) is 5.82 Å². The molecule has 1 unspecified atom stereocenters. The van der Waals surface area contributed by atoms with Crippen LogP contribution in [0.2, 0.25) is 5.02 Å². The second kappa shape index (κ2) is 12.8. The molecule has 0 aliphatic rings. The van der Waals surface area contributed by atoms with Crippen molar-refractivity contribution in [1.29, 1.82) is 0 Å². The van der Waals surface area contributed by atoms with Crippen LogP contribution in [0.5, 0.6) is 0 Å². The molecule has 0 radical (unpaired) electrons. The highest BCUT2D eigenvalue weighted by Crippen LogP contribution is 2.23. The molecule has 0 fully saturated rings. The van der Waals surface area contributed by atoms with Crippen LogP contribution in [0.1, 0.15) is 35.1 Å². The molecule has 210 valence electrons. The average Bonchev–Trinajstić information content (AvgIpc) is 3.47. The highest BCUT2D eigenvalue weighted by atomic mass is 35.5. The van der Waals surface area contributed by atoms with Crippen molar-refractivity contribution in [2.45, 2.75) is 43.5 Å². The van der Waals surface area contributed by atoms with Gasteiger partial charge in [0.05, 0.1) is 26.2 Å². The molecule has 0 aliphatic heterocycles. The molecule has 1 N–H and O–H groups in total. The fourth-order valence-corrected chi connectivity index (χ4v) is 6.55. The standard InChI is InChI=1S/C34H33ClFN3OS/c1-25(38-41(2,40)32-17-18-34(36)33(35)23-32)11-14-29-16-13-27(24-39-20-6-19-37-39)22-31(29)10-5-7-26-12-15-28-8-3-4-9-30(28)21-26/h3-4,6,8-9,12-13,15-23H,1-2,5,7,10-11,14,24H2,(H,38,40). The summed E-state index contributed by atoms with van der Waals surface area (Å²) in [4.78, 5) is 0.336. The second-order valence-corrected chi connectivity index (χ2v) is 12.7. The predicted molar refractivity (Wildman–Crippen MR) is 169 cm³/mol. The van der Waals surface area contributed by atoms with Crippen LogP contribution in [-0.4, -0.2) is 19.9 Å². The zero-order valence-corrected chi connectivity index (χ0v) is 24.4. The van der Waals surface area contributed by atoms with E-state index in [1.807, 2.05) is 16.9 Å². The van der Waals surface area contributed by atoms with E-state index in [0.29, 0.717) is 23.6 Å². The third-order valence-electron chi connectivity index (χ3n) is 7.18. The molecule has 1 atom stereocenters. The Hall–Kier alpha value is -3.87. The summed E-state index contributed by atoms with van der Waals surface area (Å²) in [6.07, 6.45) is 8.02. The van der Waals surface area contributed by atoms with Gasteiger partial charge in [-0.1, -0.05) is 78.8 Å². The topological polar surface area (TPSA) is 46.9 Å². The minimum absolute atomic E-state index is 0.0881. The lowest BCUT2D eigenvalue weighted by Gasteiger charge is -2.17. The van der Waals surface area contributed by atoms with Crippen molar-refractivity contribution in [3.63, 3.8) is 0 Å². The number of nitrogens with zero attached hydrogens (tertiary/aromatic N) is 2. The van der Waals surface area contributed by atoms with E-state index < -0.39 is 15.5 Å². The van der Waals surface area contributed by atoms with Crippen LogP contribution < -0.4 is 4.72 Å². The van der Waals surface area contributed by atoms with Crippen molar-refractivity contribution >= 4 is 38.0 Å². The number of hydrogen-bond donors (Lipinski definition) is 1. The van der Waals surface area contributed by atoms with Crippen LogP contribution >= 0.6 is 11.6 Å². The summed E-state index contributed by atoms with van der Waals surface area (Å²) in [5.74, 6) is 3.26. The number of fused-ring (bicyclic) bond motifs is 1. The highest BCUT2D eigenvalue weighted by molar-refractivity contribution is 7.98. The van der Waals surface area contributed by atoms with Gasteiger partial charge in [-0.2, -0.15) is 5.10 Å². The van der Waals surface area contributed by atoms with Crippen molar-refractivity contribution in [2.75, 3.05) is 0 Å². The molecule has 0 spiro atoms. The van der Waals surface area contributed by atoms with Gasteiger partial charge in [0.1, 0.15) is 5.82 Å². The Labute approximate surface area is 246 Å². The summed E-state index contributed by atoms with van der Waals surface area (Å²) in [6, 6.07) is 27.6. The molecule has 41 heavy (non-hydrogen) atoms. The predicted octanol–water partition coefficient (Wildman–Crippen LogP) is 7.78. The molecule has 0 saturated heterocycles. The van der Waals surface area contributed by atoms with Crippen molar-refractivity contribution in [3.8, 4) is 0 Å². The molecular weight excluding hydrogens is 553 g/mol. The van der Waals surface area contributed by atoms with Crippen molar-refractivity contribution < 1.29 is 8.60 Å².